The van der Waals surface area contributed by atoms with E-state index in [2.05, 4.69) is 20.8 Å². The first-order chi connectivity index (χ1) is 16.0. The molecular formula is C31H54O3. The molecule has 0 heterocycles. The first-order valence-electron chi connectivity index (χ1n) is 14.8. The Morgan fingerprint density at radius 2 is 1.68 bits per heavy atom. The summed E-state index contributed by atoms with van der Waals surface area (Å²) in [4.78, 5) is 11.2. The van der Waals surface area contributed by atoms with Gasteiger partial charge in [0, 0.05) is 6.92 Å². The van der Waals surface area contributed by atoms with Gasteiger partial charge in [-0.1, -0.05) is 40.0 Å². The van der Waals surface area contributed by atoms with Crippen LogP contribution < -0.4 is 0 Å². The number of aliphatic hydroxyl groups is 1. The van der Waals surface area contributed by atoms with Gasteiger partial charge in [-0.15, -0.1) is 0 Å². The van der Waals surface area contributed by atoms with Crippen LogP contribution >= 0.6 is 0 Å². The molecule has 3 nitrogen and oxygen atoms in total. The molecule has 4 rings (SSSR count). The lowest BCUT2D eigenvalue weighted by Crippen LogP contribution is -2.53. The van der Waals surface area contributed by atoms with Gasteiger partial charge in [-0.2, -0.15) is 0 Å². The third-order valence-corrected chi connectivity index (χ3v) is 12.1. The first-order valence-corrected chi connectivity index (χ1v) is 14.8. The van der Waals surface area contributed by atoms with Crippen molar-refractivity contribution in [2.24, 2.45) is 52.3 Å². The maximum absolute atomic E-state index is 11.2. The Morgan fingerprint density at radius 1 is 0.941 bits per heavy atom. The molecule has 0 aliphatic heterocycles. The molecule has 9 atom stereocenters. The number of hydrogen-bond donors (Lipinski definition) is 1. The standard InChI is InChI=1S/C31H54O3/c1-21(10-11-23(29(3,4)33)17-20-34-22(2)32)26-14-15-27-25-13-12-24-9-7-8-18-30(24,5)28(25)16-19-31(26,27)6/h21,23-28,33H,7-20H2,1-6H3/t21-,23-,24?,25+,26-,27+,28+,30+,31-/m1/s1. The lowest BCUT2D eigenvalue weighted by molar-refractivity contribution is -0.142. The predicted molar refractivity (Wildman–Crippen MR) is 139 cm³/mol. The van der Waals surface area contributed by atoms with Crippen molar-refractivity contribution in [2.45, 2.75) is 131 Å². The molecule has 0 saturated heterocycles. The van der Waals surface area contributed by atoms with Crippen molar-refractivity contribution in [1.82, 2.24) is 0 Å². The van der Waals surface area contributed by atoms with Gasteiger partial charge in [-0.25, -0.2) is 0 Å². The Morgan fingerprint density at radius 3 is 2.38 bits per heavy atom. The number of carbonyl (C=O) groups is 1. The Balaban J connectivity index is 1.39. The molecule has 196 valence electrons. The quantitative estimate of drug-likeness (QED) is 0.365. The predicted octanol–water partition coefficient (Wildman–Crippen LogP) is 7.79. The van der Waals surface area contributed by atoms with Crippen molar-refractivity contribution in [3.8, 4) is 0 Å². The van der Waals surface area contributed by atoms with Crippen LogP contribution in [0.3, 0.4) is 0 Å². The third kappa shape index (κ3) is 4.98. The van der Waals surface area contributed by atoms with Crippen LogP contribution in [-0.2, 0) is 9.53 Å². The average molecular weight is 475 g/mol. The summed E-state index contributed by atoms with van der Waals surface area (Å²) in [5, 5.41) is 10.8. The van der Waals surface area contributed by atoms with E-state index < -0.39 is 5.60 Å². The summed E-state index contributed by atoms with van der Waals surface area (Å²) in [6.45, 7) is 13.6. The Labute approximate surface area is 210 Å². The number of hydrogen-bond acceptors (Lipinski definition) is 3. The van der Waals surface area contributed by atoms with E-state index in [1.807, 2.05) is 13.8 Å². The fourth-order valence-electron chi connectivity index (χ4n) is 10.1. The highest BCUT2D eigenvalue weighted by Gasteiger charge is 2.60. The highest BCUT2D eigenvalue weighted by molar-refractivity contribution is 5.65. The van der Waals surface area contributed by atoms with E-state index in [0.717, 1.165) is 42.4 Å². The molecule has 0 radical (unpaired) electrons. The minimum Gasteiger partial charge on any atom is -0.466 e. The van der Waals surface area contributed by atoms with Crippen LogP contribution in [0.5, 0.6) is 0 Å². The molecule has 1 unspecified atom stereocenters. The van der Waals surface area contributed by atoms with Gasteiger partial charge in [0.05, 0.1) is 12.2 Å². The molecular weight excluding hydrogens is 420 g/mol. The minimum atomic E-state index is -0.728. The molecule has 0 aromatic carbocycles. The van der Waals surface area contributed by atoms with Gasteiger partial charge in [0.15, 0.2) is 0 Å². The van der Waals surface area contributed by atoms with Crippen LogP contribution in [0.4, 0.5) is 0 Å². The summed E-state index contributed by atoms with van der Waals surface area (Å²) in [5.41, 5.74) is 0.419. The lowest BCUT2D eigenvalue weighted by Gasteiger charge is -2.61. The van der Waals surface area contributed by atoms with E-state index in [1.54, 1.807) is 0 Å². The minimum absolute atomic E-state index is 0.177. The second kappa shape index (κ2) is 10.1. The fourth-order valence-corrected chi connectivity index (χ4v) is 10.1. The second-order valence-electron chi connectivity index (χ2n) is 14.2. The molecule has 0 spiro atoms. The van der Waals surface area contributed by atoms with E-state index in [-0.39, 0.29) is 11.9 Å². The zero-order valence-corrected chi connectivity index (χ0v) is 23.2. The van der Waals surface area contributed by atoms with Gasteiger partial charge in [0.25, 0.3) is 0 Å². The summed E-state index contributed by atoms with van der Waals surface area (Å²) in [6, 6.07) is 0. The number of carbonyl (C=O) groups excluding carboxylic acids is 1. The molecule has 0 aromatic rings. The van der Waals surface area contributed by atoms with Gasteiger partial charge in [0.2, 0.25) is 0 Å². The lowest BCUT2D eigenvalue weighted by atomic mass is 9.44. The van der Waals surface area contributed by atoms with Crippen LogP contribution in [0.1, 0.15) is 125 Å². The molecule has 1 N–H and O–H groups in total. The third-order valence-electron chi connectivity index (χ3n) is 12.1. The number of ether oxygens (including phenoxy) is 1. The van der Waals surface area contributed by atoms with E-state index in [1.165, 1.54) is 77.6 Å². The fraction of sp³-hybridized carbons (Fsp3) is 0.968. The second-order valence-corrected chi connectivity index (χ2v) is 14.2. The Kier molecular flexibility index (Phi) is 7.84. The molecule has 4 saturated carbocycles. The van der Waals surface area contributed by atoms with Gasteiger partial charge in [0.1, 0.15) is 0 Å². The largest absolute Gasteiger partial charge is 0.466 e. The highest BCUT2D eigenvalue weighted by atomic mass is 16.5. The molecule has 0 amide bonds. The molecule has 3 heteroatoms. The van der Waals surface area contributed by atoms with Gasteiger partial charge < -0.3 is 9.84 Å². The van der Waals surface area contributed by atoms with Crippen molar-refractivity contribution in [3.63, 3.8) is 0 Å². The van der Waals surface area contributed by atoms with E-state index in [0.29, 0.717) is 23.4 Å². The van der Waals surface area contributed by atoms with E-state index in [4.69, 9.17) is 4.74 Å². The molecule has 4 aliphatic rings. The van der Waals surface area contributed by atoms with Crippen molar-refractivity contribution in [1.29, 1.82) is 0 Å². The molecule has 0 aromatic heterocycles. The number of esters is 1. The highest BCUT2D eigenvalue weighted by Crippen LogP contribution is 2.68. The topological polar surface area (TPSA) is 46.5 Å². The maximum Gasteiger partial charge on any atom is 0.302 e. The van der Waals surface area contributed by atoms with Crippen LogP contribution in [0.15, 0.2) is 0 Å². The summed E-state index contributed by atoms with van der Waals surface area (Å²) in [7, 11) is 0. The SMILES string of the molecule is CC(=O)OCC[C@@H](CC[C@@H](C)[C@H]1CC[C@H]2[C@@H]3CCC4CCCC[C@]4(C)[C@H]3CC[C@]12C)C(C)(C)O. The van der Waals surface area contributed by atoms with Crippen molar-refractivity contribution >= 4 is 5.97 Å². The summed E-state index contributed by atoms with van der Waals surface area (Å²) in [6.07, 6.45) is 17.7. The normalized spacial score (nSPS) is 41.7. The van der Waals surface area contributed by atoms with Crippen molar-refractivity contribution in [3.05, 3.63) is 0 Å². The number of rotatable bonds is 8. The molecule has 4 fully saturated rings. The van der Waals surface area contributed by atoms with Crippen LogP contribution in [-0.4, -0.2) is 23.3 Å². The van der Waals surface area contributed by atoms with Crippen molar-refractivity contribution < 1.29 is 14.6 Å². The van der Waals surface area contributed by atoms with Gasteiger partial charge in [-0.05, 0) is 130 Å². The van der Waals surface area contributed by atoms with Crippen LogP contribution in [0.2, 0.25) is 0 Å². The summed E-state index contributed by atoms with van der Waals surface area (Å²) >= 11 is 0. The number of fused-ring (bicyclic) bond motifs is 5. The summed E-state index contributed by atoms with van der Waals surface area (Å²) in [5.74, 6) is 5.39. The maximum atomic E-state index is 11.2. The zero-order valence-electron chi connectivity index (χ0n) is 23.2. The molecule has 0 bridgehead atoms. The average Bonchev–Trinajstić information content (AvgIpc) is 3.11. The van der Waals surface area contributed by atoms with Gasteiger partial charge in [-0.3, -0.25) is 4.79 Å². The molecule has 34 heavy (non-hydrogen) atoms. The van der Waals surface area contributed by atoms with Gasteiger partial charge >= 0.3 is 5.97 Å². The first kappa shape index (κ1) is 26.5. The van der Waals surface area contributed by atoms with Crippen LogP contribution in [0, 0.1) is 52.3 Å². The van der Waals surface area contributed by atoms with Crippen molar-refractivity contribution in [2.75, 3.05) is 6.61 Å². The Hall–Kier alpha value is -0.570. The summed E-state index contributed by atoms with van der Waals surface area (Å²) < 4.78 is 5.21. The van der Waals surface area contributed by atoms with E-state index in [9.17, 15) is 9.90 Å². The smallest absolute Gasteiger partial charge is 0.302 e. The zero-order chi connectivity index (χ0) is 24.7. The molecule has 4 aliphatic carbocycles. The Bertz CT molecular complexity index is 710. The van der Waals surface area contributed by atoms with Crippen LogP contribution in [0.25, 0.3) is 0 Å². The monoisotopic (exact) mass is 474 g/mol. The van der Waals surface area contributed by atoms with E-state index >= 15 is 0 Å².